The van der Waals surface area contributed by atoms with Crippen LogP contribution >= 0.6 is 0 Å². The van der Waals surface area contributed by atoms with Crippen molar-refractivity contribution in [3.63, 3.8) is 0 Å². The first kappa shape index (κ1) is 23.6. The standard InChI is InChI=1S/C44H37N3O2/c1-24(2)32-20-29(28-13-8-7-9-14-28)21-33(25(3)4)42(32)47-37-18-11-10-17-36(37)46-44(47)31-16-12-15-30-34-22-39-35(23-38(34)49-43(30)31)41-27(6)45-26(5)19-40(41)48-39/h7-25H,1-6H3/i5D3,6D3. The Bertz CT molecular complexity index is 2940. The van der Waals surface area contributed by atoms with Crippen LogP contribution in [-0.2, 0) is 0 Å². The van der Waals surface area contributed by atoms with E-state index in [0.717, 1.165) is 38.9 Å². The van der Waals surface area contributed by atoms with Gasteiger partial charge in [-0.3, -0.25) is 9.55 Å². The number of nitrogens with zero attached hydrogens (tertiary/aromatic N) is 3. The van der Waals surface area contributed by atoms with E-state index >= 15 is 0 Å². The second-order valence-corrected chi connectivity index (χ2v) is 13.4. The number of para-hydroxylation sites is 3. The lowest BCUT2D eigenvalue weighted by Gasteiger charge is -2.24. The molecule has 9 aromatic rings. The molecule has 0 aliphatic heterocycles. The lowest BCUT2D eigenvalue weighted by Crippen LogP contribution is -2.09. The van der Waals surface area contributed by atoms with Crippen molar-refractivity contribution in [1.82, 2.24) is 14.5 Å². The Balaban J connectivity index is 1.32. The minimum atomic E-state index is -2.69. The monoisotopic (exact) mass is 645 g/mol. The zero-order valence-corrected chi connectivity index (χ0v) is 27.6. The van der Waals surface area contributed by atoms with Crippen LogP contribution < -0.4 is 0 Å². The molecule has 0 fully saturated rings. The Labute approximate surface area is 293 Å². The van der Waals surface area contributed by atoms with Gasteiger partial charge in [0.2, 0.25) is 0 Å². The summed E-state index contributed by atoms with van der Waals surface area (Å²) in [6.45, 7) is 3.62. The van der Waals surface area contributed by atoms with Crippen LogP contribution in [0.4, 0.5) is 0 Å². The number of rotatable bonds is 5. The van der Waals surface area contributed by atoms with Crippen LogP contribution in [0.1, 0.15) is 70.3 Å². The van der Waals surface area contributed by atoms with Gasteiger partial charge in [-0.1, -0.05) is 82.3 Å². The molecule has 0 unspecified atom stereocenters. The third kappa shape index (κ3) is 4.52. The molecule has 0 bridgehead atoms. The minimum absolute atomic E-state index is 0.147. The van der Waals surface area contributed by atoms with Crippen molar-refractivity contribution in [2.24, 2.45) is 0 Å². The van der Waals surface area contributed by atoms with Gasteiger partial charge in [-0.05, 0) is 90.3 Å². The Morgan fingerprint density at radius 2 is 1.37 bits per heavy atom. The van der Waals surface area contributed by atoms with E-state index < -0.39 is 13.7 Å². The number of pyridine rings is 1. The number of aryl methyl sites for hydroxylation is 2. The van der Waals surface area contributed by atoms with Gasteiger partial charge in [-0.25, -0.2) is 4.98 Å². The largest absolute Gasteiger partial charge is 0.456 e. The van der Waals surface area contributed by atoms with Crippen LogP contribution in [0.5, 0.6) is 0 Å². The normalized spacial score (nSPS) is 14.6. The molecule has 5 nitrogen and oxygen atoms in total. The highest BCUT2D eigenvalue weighted by Crippen LogP contribution is 2.44. The highest BCUT2D eigenvalue weighted by Gasteiger charge is 2.26. The first-order valence-electron chi connectivity index (χ1n) is 19.6. The number of hydrogen-bond acceptors (Lipinski definition) is 4. The summed E-state index contributed by atoms with van der Waals surface area (Å²) >= 11 is 0. The maximum absolute atomic E-state index is 8.23. The van der Waals surface area contributed by atoms with Crippen molar-refractivity contribution in [3.8, 4) is 28.2 Å². The van der Waals surface area contributed by atoms with Crippen molar-refractivity contribution in [2.75, 3.05) is 0 Å². The maximum atomic E-state index is 8.23. The van der Waals surface area contributed by atoms with Crippen LogP contribution in [0.25, 0.3) is 83.1 Å². The highest BCUT2D eigenvalue weighted by molar-refractivity contribution is 6.17. The van der Waals surface area contributed by atoms with Crippen molar-refractivity contribution in [3.05, 3.63) is 126 Å². The molecule has 49 heavy (non-hydrogen) atoms. The van der Waals surface area contributed by atoms with Gasteiger partial charge in [0.25, 0.3) is 0 Å². The Kier molecular flexibility index (Phi) is 5.27. The van der Waals surface area contributed by atoms with E-state index in [9.17, 15) is 0 Å². The SMILES string of the molecule is [2H]C([2H])([2H])c1cc2oc3cc4c(cc3c2c(C([2H])([2H])[2H])n1)oc1c(-c2nc3ccccc3n2-c2c(C(C)C)cc(-c3ccccc3)cc2C(C)C)cccc14. The number of imidazole rings is 1. The zero-order valence-electron chi connectivity index (χ0n) is 33.6. The van der Waals surface area contributed by atoms with Crippen LogP contribution in [0.15, 0.2) is 112 Å². The molecule has 5 heteroatoms. The molecule has 5 aromatic carbocycles. The Hall–Kier alpha value is -5.68. The summed E-state index contributed by atoms with van der Waals surface area (Å²) in [5.41, 5.74) is 9.54. The molecule has 0 aliphatic rings. The van der Waals surface area contributed by atoms with E-state index in [1.54, 1.807) is 6.07 Å². The Morgan fingerprint density at radius 1 is 0.633 bits per heavy atom. The molecule has 0 spiro atoms. The summed E-state index contributed by atoms with van der Waals surface area (Å²) < 4.78 is 63.6. The molecule has 0 amide bonds. The van der Waals surface area contributed by atoms with Gasteiger partial charge in [-0.15, -0.1) is 0 Å². The molecular formula is C44H37N3O2. The van der Waals surface area contributed by atoms with E-state index in [-0.39, 0.29) is 34.2 Å². The van der Waals surface area contributed by atoms with Gasteiger partial charge in [-0.2, -0.15) is 0 Å². The summed E-state index contributed by atoms with van der Waals surface area (Å²) in [4.78, 5) is 9.42. The van der Waals surface area contributed by atoms with Crippen LogP contribution in [-0.4, -0.2) is 14.5 Å². The summed E-state index contributed by atoms with van der Waals surface area (Å²) in [7, 11) is 0. The van der Waals surface area contributed by atoms with E-state index in [2.05, 4.69) is 79.7 Å². The van der Waals surface area contributed by atoms with Crippen molar-refractivity contribution in [1.29, 1.82) is 0 Å². The van der Waals surface area contributed by atoms with E-state index in [0.29, 0.717) is 22.1 Å². The van der Waals surface area contributed by atoms with Gasteiger partial charge in [0.15, 0.2) is 0 Å². The van der Waals surface area contributed by atoms with Crippen LogP contribution in [0, 0.1) is 13.7 Å². The van der Waals surface area contributed by atoms with Crippen molar-refractivity contribution < 1.29 is 17.1 Å². The first-order valence-corrected chi connectivity index (χ1v) is 16.6. The predicted octanol–water partition coefficient (Wildman–Crippen LogP) is 12.4. The van der Waals surface area contributed by atoms with E-state index in [4.69, 9.17) is 22.0 Å². The van der Waals surface area contributed by atoms with Gasteiger partial charge >= 0.3 is 0 Å². The lowest BCUT2D eigenvalue weighted by molar-refractivity contribution is 0.663. The maximum Gasteiger partial charge on any atom is 0.149 e. The Morgan fingerprint density at radius 3 is 2.12 bits per heavy atom. The molecule has 4 aromatic heterocycles. The van der Waals surface area contributed by atoms with E-state index in [1.165, 1.54) is 28.3 Å². The van der Waals surface area contributed by atoms with E-state index in [1.807, 2.05) is 48.5 Å². The second kappa shape index (κ2) is 10.9. The molecular weight excluding hydrogens is 603 g/mol. The second-order valence-electron chi connectivity index (χ2n) is 13.4. The third-order valence-corrected chi connectivity index (χ3v) is 9.62. The summed E-state index contributed by atoms with van der Waals surface area (Å²) in [5.74, 6) is 1.13. The molecule has 4 heterocycles. The summed E-state index contributed by atoms with van der Waals surface area (Å²) in [6, 6.07) is 34.2. The fraction of sp³-hybridized carbons (Fsp3) is 0.182. The average Bonchev–Trinajstić information content (AvgIpc) is 3.83. The fourth-order valence-electron chi connectivity index (χ4n) is 7.31. The number of furan rings is 2. The van der Waals surface area contributed by atoms with Gasteiger partial charge < -0.3 is 8.83 Å². The number of aromatic nitrogens is 3. The zero-order chi connectivity index (χ0) is 38.6. The average molecular weight is 646 g/mol. The van der Waals surface area contributed by atoms with Gasteiger partial charge in [0, 0.05) is 47.2 Å². The molecule has 0 saturated heterocycles. The molecule has 0 N–H and O–H groups in total. The number of fused-ring (bicyclic) bond motifs is 7. The van der Waals surface area contributed by atoms with Gasteiger partial charge in [0.05, 0.1) is 22.3 Å². The molecule has 0 radical (unpaired) electrons. The first-order chi connectivity index (χ1) is 26.2. The molecule has 9 rings (SSSR count). The summed E-state index contributed by atoms with van der Waals surface area (Å²) in [6.07, 6.45) is 0. The fourth-order valence-corrected chi connectivity index (χ4v) is 7.31. The number of hydrogen-bond donors (Lipinski definition) is 0. The smallest absolute Gasteiger partial charge is 0.149 e. The van der Waals surface area contributed by atoms with Crippen LogP contribution in [0.3, 0.4) is 0 Å². The van der Waals surface area contributed by atoms with Crippen molar-refractivity contribution >= 4 is 54.9 Å². The third-order valence-electron chi connectivity index (χ3n) is 9.62. The quantitative estimate of drug-likeness (QED) is 0.187. The summed E-state index contributed by atoms with van der Waals surface area (Å²) in [5, 5.41) is 2.32. The van der Waals surface area contributed by atoms with Gasteiger partial charge in [0.1, 0.15) is 28.2 Å². The lowest BCUT2D eigenvalue weighted by atomic mass is 9.88. The van der Waals surface area contributed by atoms with Crippen LogP contribution in [0.2, 0.25) is 0 Å². The highest BCUT2D eigenvalue weighted by atomic mass is 16.3. The number of benzene rings is 5. The van der Waals surface area contributed by atoms with Crippen molar-refractivity contribution in [2.45, 2.75) is 53.2 Å². The molecule has 240 valence electrons. The molecule has 0 aliphatic carbocycles. The minimum Gasteiger partial charge on any atom is -0.456 e. The molecule has 0 saturated carbocycles. The predicted molar refractivity (Wildman–Crippen MR) is 202 cm³/mol. The molecule has 0 atom stereocenters. The topological polar surface area (TPSA) is 57.0 Å².